The SMILES string of the molecule is COC(=O)[C@@H](N)c1c(C)cccc1Cl.Cl. The van der Waals surface area contributed by atoms with E-state index in [4.69, 9.17) is 17.3 Å². The van der Waals surface area contributed by atoms with Gasteiger partial charge in [0.1, 0.15) is 6.04 Å². The molecule has 0 heterocycles. The van der Waals surface area contributed by atoms with Crippen LogP contribution >= 0.6 is 24.0 Å². The summed E-state index contributed by atoms with van der Waals surface area (Å²) in [6.45, 7) is 1.85. The Hall–Kier alpha value is -0.770. The van der Waals surface area contributed by atoms with E-state index in [2.05, 4.69) is 4.74 Å². The van der Waals surface area contributed by atoms with Gasteiger partial charge in [0.05, 0.1) is 7.11 Å². The van der Waals surface area contributed by atoms with Crippen LogP contribution in [0.1, 0.15) is 17.2 Å². The molecule has 1 atom stereocenters. The Balaban J connectivity index is 0.00000196. The predicted octanol–water partition coefficient (Wildman–Crippen LogP) is 2.24. The van der Waals surface area contributed by atoms with Crippen LogP contribution in [0.3, 0.4) is 0 Å². The first kappa shape index (κ1) is 14.2. The lowest BCUT2D eigenvalue weighted by molar-refractivity contribution is -0.142. The first-order valence-corrected chi connectivity index (χ1v) is 4.54. The van der Waals surface area contributed by atoms with E-state index >= 15 is 0 Å². The van der Waals surface area contributed by atoms with Crippen LogP contribution < -0.4 is 5.73 Å². The lowest BCUT2D eigenvalue weighted by Crippen LogP contribution is -2.23. The third-order valence-corrected chi connectivity index (χ3v) is 2.37. The standard InChI is InChI=1S/C10H12ClNO2.ClH/c1-6-4-3-5-7(11)8(6)9(12)10(13)14-2;/h3-5,9H,12H2,1-2H3;1H/t9-;/m0./s1. The van der Waals surface area contributed by atoms with Crippen molar-refractivity contribution in [3.63, 3.8) is 0 Å². The van der Waals surface area contributed by atoms with E-state index in [1.54, 1.807) is 6.07 Å². The summed E-state index contributed by atoms with van der Waals surface area (Å²) in [6, 6.07) is 4.55. The van der Waals surface area contributed by atoms with Gasteiger partial charge in [-0.05, 0) is 18.6 Å². The van der Waals surface area contributed by atoms with E-state index in [-0.39, 0.29) is 12.4 Å². The molecule has 2 N–H and O–H groups in total. The first-order valence-electron chi connectivity index (χ1n) is 4.16. The van der Waals surface area contributed by atoms with Crippen molar-refractivity contribution in [3.05, 3.63) is 34.3 Å². The van der Waals surface area contributed by atoms with E-state index in [1.165, 1.54) is 7.11 Å². The second kappa shape index (κ2) is 5.95. The molecule has 0 aromatic heterocycles. The average molecular weight is 250 g/mol. The minimum Gasteiger partial charge on any atom is -0.468 e. The second-order valence-electron chi connectivity index (χ2n) is 2.97. The van der Waals surface area contributed by atoms with E-state index < -0.39 is 12.0 Å². The number of carbonyl (C=O) groups is 1. The van der Waals surface area contributed by atoms with Gasteiger partial charge in [-0.15, -0.1) is 12.4 Å². The van der Waals surface area contributed by atoms with Gasteiger partial charge in [-0.1, -0.05) is 23.7 Å². The molecule has 0 saturated heterocycles. The number of hydrogen-bond donors (Lipinski definition) is 1. The Labute approximate surface area is 100.0 Å². The molecule has 1 aromatic rings. The molecule has 84 valence electrons. The average Bonchev–Trinajstić information content (AvgIpc) is 2.16. The minimum absolute atomic E-state index is 0. The molecule has 1 aromatic carbocycles. The van der Waals surface area contributed by atoms with Crippen LogP contribution in [-0.4, -0.2) is 13.1 Å². The molecule has 0 saturated carbocycles. The third-order valence-electron chi connectivity index (χ3n) is 2.04. The first-order chi connectivity index (χ1) is 6.57. The van der Waals surface area contributed by atoms with Crippen molar-refractivity contribution in [1.82, 2.24) is 0 Å². The Morgan fingerprint density at radius 1 is 1.53 bits per heavy atom. The van der Waals surface area contributed by atoms with Gasteiger partial charge in [0, 0.05) is 10.6 Å². The van der Waals surface area contributed by atoms with Crippen LogP contribution in [0, 0.1) is 6.92 Å². The summed E-state index contributed by atoms with van der Waals surface area (Å²) in [5, 5.41) is 0.489. The largest absolute Gasteiger partial charge is 0.468 e. The van der Waals surface area contributed by atoms with Crippen molar-refractivity contribution in [1.29, 1.82) is 0 Å². The van der Waals surface area contributed by atoms with Crippen molar-refractivity contribution in [2.24, 2.45) is 5.73 Å². The summed E-state index contributed by atoms with van der Waals surface area (Å²) < 4.78 is 4.55. The van der Waals surface area contributed by atoms with E-state index in [0.717, 1.165) is 5.56 Å². The summed E-state index contributed by atoms with van der Waals surface area (Å²) in [7, 11) is 1.30. The van der Waals surface area contributed by atoms with E-state index in [9.17, 15) is 4.79 Å². The van der Waals surface area contributed by atoms with Crippen molar-refractivity contribution in [3.8, 4) is 0 Å². The summed E-state index contributed by atoms with van der Waals surface area (Å²) in [5.41, 5.74) is 7.20. The molecule has 0 bridgehead atoms. The molecule has 1 rings (SSSR count). The highest BCUT2D eigenvalue weighted by molar-refractivity contribution is 6.31. The zero-order chi connectivity index (χ0) is 10.7. The lowest BCUT2D eigenvalue weighted by Gasteiger charge is -2.13. The molecule has 0 fully saturated rings. The van der Waals surface area contributed by atoms with Gasteiger partial charge in [0.2, 0.25) is 0 Å². The van der Waals surface area contributed by atoms with Crippen molar-refractivity contribution >= 4 is 30.0 Å². The quantitative estimate of drug-likeness (QED) is 0.819. The molecule has 0 radical (unpaired) electrons. The number of halogens is 2. The van der Waals surface area contributed by atoms with Crippen LogP contribution in [0.5, 0.6) is 0 Å². The topological polar surface area (TPSA) is 52.3 Å². The number of hydrogen-bond acceptors (Lipinski definition) is 3. The van der Waals surface area contributed by atoms with Gasteiger partial charge >= 0.3 is 5.97 Å². The van der Waals surface area contributed by atoms with Gasteiger partial charge in [-0.2, -0.15) is 0 Å². The maximum absolute atomic E-state index is 11.2. The van der Waals surface area contributed by atoms with E-state index in [1.807, 2.05) is 19.1 Å². The van der Waals surface area contributed by atoms with Gasteiger partial charge in [-0.3, -0.25) is 4.79 Å². The van der Waals surface area contributed by atoms with Crippen LogP contribution in [0.15, 0.2) is 18.2 Å². The zero-order valence-electron chi connectivity index (χ0n) is 8.49. The Morgan fingerprint density at radius 3 is 2.60 bits per heavy atom. The summed E-state index contributed by atoms with van der Waals surface area (Å²) >= 11 is 5.94. The Kier molecular flexibility index (Phi) is 5.65. The fraction of sp³-hybridized carbons (Fsp3) is 0.300. The maximum Gasteiger partial charge on any atom is 0.327 e. The fourth-order valence-electron chi connectivity index (χ4n) is 1.28. The van der Waals surface area contributed by atoms with Gasteiger partial charge < -0.3 is 10.5 Å². The number of ether oxygens (including phenoxy) is 1. The van der Waals surface area contributed by atoms with Crippen LogP contribution in [0.2, 0.25) is 5.02 Å². The summed E-state index contributed by atoms with van der Waals surface area (Å²) in [6.07, 6.45) is 0. The minimum atomic E-state index is -0.811. The van der Waals surface area contributed by atoms with Crippen LogP contribution in [0.4, 0.5) is 0 Å². The van der Waals surface area contributed by atoms with Crippen LogP contribution in [-0.2, 0) is 9.53 Å². The monoisotopic (exact) mass is 249 g/mol. The third kappa shape index (κ3) is 3.09. The number of esters is 1. The molecule has 0 unspecified atom stereocenters. The number of aryl methyl sites for hydroxylation is 1. The molecule has 5 heteroatoms. The second-order valence-corrected chi connectivity index (χ2v) is 3.38. The maximum atomic E-state index is 11.2. The highest BCUT2D eigenvalue weighted by Crippen LogP contribution is 2.25. The Morgan fingerprint density at radius 2 is 2.13 bits per heavy atom. The molecule has 0 amide bonds. The molecular weight excluding hydrogens is 237 g/mol. The molecule has 15 heavy (non-hydrogen) atoms. The van der Waals surface area contributed by atoms with Gasteiger partial charge in [-0.25, -0.2) is 0 Å². The number of rotatable bonds is 2. The molecule has 0 aliphatic heterocycles. The highest BCUT2D eigenvalue weighted by Gasteiger charge is 2.20. The fourth-order valence-corrected chi connectivity index (χ4v) is 1.62. The molecule has 0 spiro atoms. The number of carbonyl (C=O) groups excluding carboxylic acids is 1. The van der Waals surface area contributed by atoms with E-state index in [0.29, 0.717) is 10.6 Å². The normalized spacial score (nSPS) is 11.5. The van der Waals surface area contributed by atoms with Crippen LogP contribution in [0.25, 0.3) is 0 Å². The molecule has 0 aliphatic rings. The van der Waals surface area contributed by atoms with Crippen molar-refractivity contribution in [2.45, 2.75) is 13.0 Å². The lowest BCUT2D eigenvalue weighted by atomic mass is 10.0. The van der Waals surface area contributed by atoms with Gasteiger partial charge in [0.25, 0.3) is 0 Å². The summed E-state index contributed by atoms with van der Waals surface area (Å²) in [4.78, 5) is 11.2. The number of nitrogens with two attached hydrogens (primary N) is 1. The van der Waals surface area contributed by atoms with Crippen molar-refractivity contribution in [2.75, 3.05) is 7.11 Å². The molecular formula is C10H13Cl2NO2. The smallest absolute Gasteiger partial charge is 0.327 e. The molecule has 3 nitrogen and oxygen atoms in total. The number of methoxy groups -OCH3 is 1. The van der Waals surface area contributed by atoms with Crippen molar-refractivity contribution < 1.29 is 9.53 Å². The highest BCUT2D eigenvalue weighted by atomic mass is 35.5. The Bertz CT molecular complexity index is 335. The number of benzene rings is 1. The van der Waals surface area contributed by atoms with Gasteiger partial charge in [0.15, 0.2) is 0 Å². The summed E-state index contributed by atoms with van der Waals surface area (Å²) in [5.74, 6) is -0.485. The zero-order valence-corrected chi connectivity index (χ0v) is 10.1. The predicted molar refractivity (Wildman–Crippen MR) is 62.4 cm³/mol. The molecule has 0 aliphatic carbocycles.